The molecule has 2 atom stereocenters. The van der Waals surface area contributed by atoms with E-state index in [9.17, 15) is 4.79 Å². The number of hydrogen-bond acceptors (Lipinski definition) is 3. The van der Waals surface area contributed by atoms with Crippen molar-refractivity contribution in [3.05, 3.63) is 11.6 Å². The first-order valence-corrected chi connectivity index (χ1v) is 9.07. The van der Waals surface area contributed by atoms with Crippen LogP contribution in [-0.4, -0.2) is 23.6 Å². The minimum atomic E-state index is -0.0394. The molecule has 0 aromatic heterocycles. The van der Waals surface area contributed by atoms with Crippen molar-refractivity contribution in [1.82, 2.24) is 0 Å². The summed E-state index contributed by atoms with van der Waals surface area (Å²) in [4.78, 5) is 11.6. The van der Waals surface area contributed by atoms with Gasteiger partial charge in [-0.2, -0.15) is 11.8 Å². The molecule has 0 N–H and O–H groups in total. The lowest BCUT2D eigenvalue weighted by Gasteiger charge is -2.28. The fraction of sp³-hybridized carbons (Fsp3) is 0.824. The molecular weight excluding hydrogens is 268 g/mol. The Bertz CT molecular complexity index is 323. The summed E-state index contributed by atoms with van der Waals surface area (Å²) in [6.07, 6.45) is 7.56. The molecule has 0 aromatic carbocycles. The Hall–Kier alpha value is -0.440. The van der Waals surface area contributed by atoms with E-state index in [0.29, 0.717) is 24.2 Å². The van der Waals surface area contributed by atoms with Gasteiger partial charge in [-0.3, -0.25) is 4.79 Å². The second-order valence-electron chi connectivity index (χ2n) is 6.07. The van der Waals surface area contributed by atoms with Crippen LogP contribution < -0.4 is 0 Å². The van der Waals surface area contributed by atoms with E-state index in [-0.39, 0.29) is 5.97 Å². The Balaban J connectivity index is 2.29. The van der Waals surface area contributed by atoms with E-state index in [1.165, 1.54) is 12.8 Å². The van der Waals surface area contributed by atoms with Crippen molar-refractivity contribution in [3.63, 3.8) is 0 Å². The first-order chi connectivity index (χ1) is 9.54. The van der Waals surface area contributed by atoms with Crippen molar-refractivity contribution in [2.45, 2.75) is 65.0 Å². The predicted molar refractivity (Wildman–Crippen MR) is 88.0 cm³/mol. The van der Waals surface area contributed by atoms with Gasteiger partial charge in [0.15, 0.2) is 0 Å². The first kappa shape index (κ1) is 17.6. The van der Waals surface area contributed by atoms with E-state index in [0.717, 1.165) is 24.5 Å². The number of ether oxygens (including phenoxy) is 1. The number of carbonyl (C=O) groups excluding carboxylic acids is 1. The average Bonchev–Trinajstić information content (AvgIpc) is 2.41. The van der Waals surface area contributed by atoms with Gasteiger partial charge < -0.3 is 4.74 Å². The quantitative estimate of drug-likeness (QED) is 0.364. The second kappa shape index (κ2) is 9.49. The van der Waals surface area contributed by atoms with Gasteiger partial charge >= 0.3 is 5.97 Å². The number of esters is 1. The molecule has 0 spiro atoms. The van der Waals surface area contributed by atoms with E-state index >= 15 is 0 Å². The standard InChI is InChI=1S/C17H30O2S/c1-5-6-10-19-17(18)9-11-20-16-12-15(13(2)3)8-7-14(16)4/h12-14,16H,5-11H2,1-4H3. The highest BCUT2D eigenvalue weighted by atomic mass is 32.2. The maximum atomic E-state index is 11.6. The van der Waals surface area contributed by atoms with E-state index in [1.54, 1.807) is 5.57 Å². The number of unbranched alkanes of at least 4 members (excludes halogenated alkanes) is 1. The summed E-state index contributed by atoms with van der Waals surface area (Å²) < 4.78 is 5.19. The molecule has 0 fully saturated rings. The van der Waals surface area contributed by atoms with Gasteiger partial charge in [0.05, 0.1) is 13.0 Å². The fourth-order valence-corrected chi connectivity index (χ4v) is 3.68. The summed E-state index contributed by atoms with van der Waals surface area (Å²) in [5.41, 5.74) is 1.59. The second-order valence-corrected chi connectivity index (χ2v) is 7.36. The first-order valence-electron chi connectivity index (χ1n) is 8.02. The summed E-state index contributed by atoms with van der Waals surface area (Å²) in [5.74, 6) is 2.22. The van der Waals surface area contributed by atoms with Crippen LogP contribution in [0.15, 0.2) is 11.6 Å². The molecule has 0 amide bonds. The van der Waals surface area contributed by atoms with Crippen molar-refractivity contribution in [3.8, 4) is 0 Å². The molecule has 0 saturated heterocycles. The lowest BCUT2D eigenvalue weighted by molar-refractivity contribution is -0.143. The molecule has 1 aliphatic carbocycles. The van der Waals surface area contributed by atoms with E-state index in [2.05, 4.69) is 33.8 Å². The largest absolute Gasteiger partial charge is 0.466 e. The fourth-order valence-electron chi connectivity index (χ4n) is 2.39. The molecular formula is C17H30O2S. The highest BCUT2D eigenvalue weighted by molar-refractivity contribution is 8.00. The number of rotatable bonds is 8. The molecule has 116 valence electrons. The summed E-state index contributed by atoms with van der Waals surface area (Å²) >= 11 is 1.92. The lowest BCUT2D eigenvalue weighted by Crippen LogP contribution is -2.20. The third-order valence-corrected chi connectivity index (χ3v) is 5.37. The Morgan fingerprint density at radius 3 is 2.90 bits per heavy atom. The number of hydrogen-bond donors (Lipinski definition) is 0. The van der Waals surface area contributed by atoms with Gasteiger partial charge in [-0.25, -0.2) is 0 Å². The third-order valence-electron chi connectivity index (χ3n) is 3.95. The van der Waals surface area contributed by atoms with Crippen LogP contribution in [0.5, 0.6) is 0 Å². The molecule has 0 radical (unpaired) electrons. The van der Waals surface area contributed by atoms with Crippen molar-refractivity contribution in [2.24, 2.45) is 11.8 Å². The zero-order valence-electron chi connectivity index (χ0n) is 13.5. The highest BCUT2D eigenvalue weighted by Gasteiger charge is 2.22. The molecule has 3 heteroatoms. The maximum absolute atomic E-state index is 11.6. The Kier molecular flexibility index (Phi) is 8.35. The predicted octanol–water partition coefficient (Wildman–Crippen LogP) is 4.83. The highest BCUT2D eigenvalue weighted by Crippen LogP contribution is 2.34. The van der Waals surface area contributed by atoms with Gasteiger partial charge in [-0.1, -0.05) is 45.8 Å². The minimum absolute atomic E-state index is 0.0394. The normalized spacial score (nSPS) is 22.8. The van der Waals surface area contributed by atoms with Crippen LogP contribution in [0.1, 0.15) is 59.8 Å². The summed E-state index contributed by atoms with van der Waals surface area (Å²) in [7, 11) is 0. The molecule has 1 rings (SSSR count). The Morgan fingerprint density at radius 1 is 1.50 bits per heavy atom. The summed E-state index contributed by atoms with van der Waals surface area (Å²) in [5, 5.41) is 0.574. The molecule has 2 nitrogen and oxygen atoms in total. The number of allylic oxidation sites excluding steroid dienone is 1. The van der Waals surface area contributed by atoms with Crippen LogP contribution in [0, 0.1) is 11.8 Å². The SMILES string of the molecule is CCCCOC(=O)CCSC1C=C(C(C)C)CCC1C. The van der Waals surface area contributed by atoms with Crippen molar-refractivity contribution in [1.29, 1.82) is 0 Å². The minimum Gasteiger partial charge on any atom is -0.466 e. The van der Waals surface area contributed by atoms with Gasteiger partial charge in [0.2, 0.25) is 0 Å². The Labute approximate surface area is 128 Å². The van der Waals surface area contributed by atoms with Crippen LogP contribution >= 0.6 is 11.8 Å². The zero-order chi connectivity index (χ0) is 15.0. The molecule has 0 bridgehead atoms. The van der Waals surface area contributed by atoms with Gasteiger partial charge in [0.25, 0.3) is 0 Å². The molecule has 0 aromatic rings. The smallest absolute Gasteiger partial charge is 0.306 e. The summed E-state index contributed by atoms with van der Waals surface area (Å²) in [6.45, 7) is 9.55. The Morgan fingerprint density at radius 2 is 2.25 bits per heavy atom. The van der Waals surface area contributed by atoms with Gasteiger partial charge in [-0.15, -0.1) is 0 Å². The van der Waals surface area contributed by atoms with Crippen molar-refractivity contribution < 1.29 is 9.53 Å². The molecule has 0 saturated carbocycles. The monoisotopic (exact) mass is 298 g/mol. The summed E-state index contributed by atoms with van der Waals surface area (Å²) in [6, 6.07) is 0. The number of carbonyl (C=O) groups is 1. The van der Waals surface area contributed by atoms with E-state index in [1.807, 2.05) is 11.8 Å². The molecule has 0 aliphatic heterocycles. The number of thioether (sulfide) groups is 1. The zero-order valence-corrected chi connectivity index (χ0v) is 14.3. The van der Waals surface area contributed by atoms with Gasteiger partial charge in [0, 0.05) is 11.0 Å². The van der Waals surface area contributed by atoms with Crippen molar-refractivity contribution in [2.75, 3.05) is 12.4 Å². The average molecular weight is 298 g/mol. The van der Waals surface area contributed by atoms with Gasteiger partial charge in [-0.05, 0) is 31.1 Å². The molecule has 0 heterocycles. The lowest BCUT2D eigenvalue weighted by atomic mass is 9.86. The topological polar surface area (TPSA) is 26.3 Å². The maximum Gasteiger partial charge on any atom is 0.306 e. The van der Waals surface area contributed by atoms with Crippen LogP contribution in [-0.2, 0) is 9.53 Å². The van der Waals surface area contributed by atoms with E-state index < -0.39 is 0 Å². The van der Waals surface area contributed by atoms with Crippen molar-refractivity contribution >= 4 is 17.7 Å². The molecule has 2 unspecified atom stereocenters. The van der Waals surface area contributed by atoms with Gasteiger partial charge in [0.1, 0.15) is 0 Å². The van der Waals surface area contributed by atoms with E-state index in [4.69, 9.17) is 4.74 Å². The van der Waals surface area contributed by atoms with Crippen LogP contribution in [0.3, 0.4) is 0 Å². The van der Waals surface area contributed by atoms with Crippen LogP contribution in [0.2, 0.25) is 0 Å². The molecule has 20 heavy (non-hydrogen) atoms. The molecule has 1 aliphatic rings. The third kappa shape index (κ3) is 6.34. The van der Waals surface area contributed by atoms with Crippen LogP contribution in [0.4, 0.5) is 0 Å². The van der Waals surface area contributed by atoms with Crippen LogP contribution in [0.25, 0.3) is 0 Å².